The largest absolute Gasteiger partial charge is 0.159 e. The molecule has 0 aromatic heterocycles. The molecule has 0 aliphatic carbocycles. The maximum atomic E-state index is 2.47. The predicted octanol–water partition coefficient (Wildman–Crippen LogP) is 11.2. The van der Waals surface area contributed by atoms with Crippen molar-refractivity contribution in [2.24, 2.45) is 10.8 Å². The van der Waals surface area contributed by atoms with Gasteiger partial charge in [-0.3, -0.25) is 0 Å². The molecule has 0 heterocycles. The van der Waals surface area contributed by atoms with Crippen molar-refractivity contribution >= 4 is 12.7 Å². The van der Waals surface area contributed by atoms with E-state index < -0.39 is 0 Å². The van der Waals surface area contributed by atoms with Gasteiger partial charge in [0, 0.05) is 0 Å². The summed E-state index contributed by atoms with van der Waals surface area (Å²) in [5.41, 5.74) is 13.6. The van der Waals surface area contributed by atoms with Gasteiger partial charge >= 0.3 is 0 Å². The van der Waals surface area contributed by atoms with Gasteiger partial charge in [0.15, 0.2) is 7.28 Å². The molecule has 0 aliphatic rings. The standard InChI is InChI=1S/C42H47B/c1-40(2,3)36-27-37(34-23-19-32(20-24-34)30-15-11-9-12-16-30)39(43-29-42(7,8)41(4,5)6)38(28-36)35-25-21-33(22-26-35)31-17-13-10-14-18-31/h9-28,43H,29H2,1-8H3. The number of hydrogen-bond donors (Lipinski definition) is 0. The Balaban J connectivity index is 1.67. The average Bonchev–Trinajstić information content (AvgIpc) is 3.00. The van der Waals surface area contributed by atoms with Crippen LogP contribution in [0.25, 0.3) is 44.5 Å². The third kappa shape index (κ3) is 6.88. The third-order valence-electron chi connectivity index (χ3n) is 9.75. The Labute approximate surface area is 261 Å². The smallest absolute Gasteiger partial charge is 0.0691 e. The monoisotopic (exact) mass is 562 g/mol. The van der Waals surface area contributed by atoms with E-state index >= 15 is 0 Å². The fourth-order valence-corrected chi connectivity index (χ4v) is 5.65. The van der Waals surface area contributed by atoms with Crippen LogP contribution in [-0.2, 0) is 5.41 Å². The van der Waals surface area contributed by atoms with Crippen molar-refractivity contribution in [1.29, 1.82) is 0 Å². The molecule has 0 saturated heterocycles. The fourth-order valence-electron chi connectivity index (χ4n) is 5.65. The minimum atomic E-state index is 0.0284. The molecule has 0 radical (unpaired) electrons. The third-order valence-corrected chi connectivity index (χ3v) is 9.75. The molecule has 43 heavy (non-hydrogen) atoms. The van der Waals surface area contributed by atoms with Crippen molar-refractivity contribution in [1.82, 2.24) is 0 Å². The van der Waals surface area contributed by atoms with Gasteiger partial charge in [0.05, 0.1) is 0 Å². The second kappa shape index (κ2) is 12.0. The van der Waals surface area contributed by atoms with E-state index in [4.69, 9.17) is 0 Å². The fraction of sp³-hybridized carbons (Fsp3) is 0.286. The minimum Gasteiger partial charge on any atom is -0.0691 e. The lowest BCUT2D eigenvalue weighted by Crippen LogP contribution is -2.34. The topological polar surface area (TPSA) is 0 Å². The first kappa shape index (κ1) is 30.6. The van der Waals surface area contributed by atoms with Crippen molar-refractivity contribution in [3.8, 4) is 44.5 Å². The molecule has 0 bridgehead atoms. The summed E-state index contributed by atoms with van der Waals surface area (Å²) >= 11 is 0. The van der Waals surface area contributed by atoms with E-state index in [9.17, 15) is 0 Å². The summed E-state index contributed by atoms with van der Waals surface area (Å²) in [7, 11) is 1.03. The van der Waals surface area contributed by atoms with Crippen LogP contribution in [0.1, 0.15) is 61.0 Å². The summed E-state index contributed by atoms with van der Waals surface area (Å²) in [5, 5.41) is 0. The first-order chi connectivity index (χ1) is 20.3. The second-order valence-corrected chi connectivity index (χ2v) is 14.8. The Hall–Kier alpha value is -3.84. The van der Waals surface area contributed by atoms with Crippen LogP contribution in [-0.4, -0.2) is 7.28 Å². The molecule has 1 heteroatoms. The molecule has 0 atom stereocenters. The molecule has 0 nitrogen and oxygen atoms in total. The zero-order chi connectivity index (χ0) is 30.8. The van der Waals surface area contributed by atoms with E-state index in [-0.39, 0.29) is 16.2 Å². The molecule has 5 aromatic carbocycles. The molecule has 0 fully saturated rings. The molecule has 0 spiro atoms. The van der Waals surface area contributed by atoms with Crippen molar-refractivity contribution in [3.05, 3.63) is 127 Å². The van der Waals surface area contributed by atoms with Crippen LogP contribution < -0.4 is 5.46 Å². The first-order valence-electron chi connectivity index (χ1n) is 15.8. The highest BCUT2D eigenvalue weighted by molar-refractivity contribution is 6.58. The molecule has 0 unspecified atom stereocenters. The highest BCUT2D eigenvalue weighted by Gasteiger charge is 2.33. The maximum absolute atomic E-state index is 2.47. The van der Waals surface area contributed by atoms with Crippen molar-refractivity contribution in [2.75, 3.05) is 0 Å². The van der Waals surface area contributed by atoms with Crippen LogP contribution in [0.2, 0.25) is 6.32 Å². The van der Waals surface area contributed by atoms with Gasteiger partial charge in [-0.1, -0.05) is 189 Å². The van der Waals surface area contributed by atoms with Crippen molar-refractivity contribution < 1.29 is 0 Å². The zero-order valence-electron chi connectivity index (χ0n) is 27.5. The second-order valence-electron chi connectivity index (χ2n) is 14.8. The van der Waals surface area contributed by atoms with Gasteiger partial charge in [0.25, 0.3) is 0 Å². The van der Waals surface area contributed by atoms with Crippen LogP contribution in [0.5, 0.6) is 0 Å². The van der Waals surface area contributed by atoms with Gasteiger partial charge < -0.3 is 0 Å². The number of benzene rings is 5. The first-order valence-corrected chi connectivity index (χ1v) is 15.8. The van der Waals surface area contributed by atoms with E-state index in [1.165, 1.54) is 55.5 Å². The Bertz CT molecular complexity index is 1540. The molecule has 0 saturated carbocycles. The Morgan fingerprint density at radius 2 is 0.791 bits per heavy atom. The van der Waals surface area contributed by atoms with Crippen LogP contribution in [0.4, 0.5) is 0 Å². The maximum Gasteiger partial charge on any atom is 0.159 e. The lowest BCUT2D eigenvalue weighted by molar-refractivity contribution is 0.157. The molecule has 0 amide bonds. The summed E-state index contributed by atoms with van der Waals surface area (Å²) in [4.78, 5) is 0. The Morgan fingerprint density at radius 3 is 1.14 bits per heavy atom. The quantitative estimate of drug-likeness (QED) is 0.173. The lowest BCUT2D eigenvalue weighted by atomic mass is 9.51. The van der Waals surface area contributed by atoms with E-state index in [0.717, 1.165) is 13.6 Å². The summed E-state index contributed by atoms with van der Waals surface area (Å²) in [5.74, 6) is 0. The molecule has 5 aromatic rings. The van der Waals surface area contributed by atoms with Crippen LogP contribution >= 0.6 is 0 Å². The van der Waals surface area contributed by atoms with Gasteiger partial charge in [-0.05, 0) is 66.3 Å². The van der Waals surface area contributed by atoms with E-state index in [2.05, 4.69) is 177 Å². The predicted molar refractivity (Wildman–Crippen MR) is 192 cm³/mol. The van der Waals surface area contributed by atoms with E-state index in [1.54, 1.807) is 0 Å². The van der Waals surface area contributed by atoms with Gasteiger partial charge in [-0.25, -0.2) is 0 Å². The molecule has 5 rings (SSSR count). The molecule has 218 valence electrons. The average molecular weight is 563 g/mol. The van der Waals surface area contributed by atoms with E-state index in [0.29, 0.717) is 0 Å². The Morgan fingerprint density at radius 1 is 0.442 bits per heavy atom. The van der Waals surface area contributed by atoms with Crippen LogP contribution in [0.3, 0.4) is 0 Å². The van der Waals surface area contributed by atoms with Gasteiger partial charge in [0.1, 0.15) is 0 Å². The summed E-state index contributed by atoms with van der Waals surface area (Å²) in [6, 6.07) is 44.7. The summed E-state index contributed by atoms with van der Waals surface area (Å²) in [6.07, 6.45) is 1.12. The van der Waals surface area contributed by atoms with Crippen molar-refractivity contribution in [2.45, 2.75) is 67.1 Å². The zero-order valence-corrected chi connectivity index (χ0v) is 27.5. The number of rotatable bonds is 7. The van der Waals surface area contributed by atoms with E-state index in [1.807, 2.05) is 0 Å². The summed E-state index contributed by atoms with van der Waals surface area (Å²) < 4.78 is 0. The molecule has 0 aliphatic heterocycles. The summed E-state index contributed by atoms with van der Waals surface area (Å²) in [6.45, 7) is 19.0. The normalized spacial score (nSPS) is 12.3. The number of hydrogen-bond acceptors (Lipinski definition) is 0. The van der Waals surface area contributed by atoms with Gasteiger partial charge in [0.2, 0.25) is 0 Å². The van der Waals surface area contributed by atoms with Gasteiger partial charge in [-0.15, -0.1) is 0 Å². The highest BCUT2D eigenvalue weighted by Crippen LogP contribution is 2.42. The van der Waals surface area contributed by atoms with Gasteiger partial charge in [-0.2, -0.15) is 0 Å². The van der Waals surface area contributed by atoms with Crippen LogP contribution in [0.15, 0.2) is 121 Å². The highest BCUT2D eigenvalue weighted by atomic mass is 14.3. The Kier molecular flexibility index (Phi) is 8.57. The molecular weight excluding hydrogens is 515 g/mol. The van der Waals surface area contributed by atoms with Crippen molar-refractivity contribution in [3.63, 3.8) is 0 Å². The molecular formula is C42H47B. The SMILES string of the molecule is CC(C)(C)c1cc(-c2ccc(-c3ccccc3)cc2)c(BCC(C)(C)C(C)(C)C)c(-c2ccc(-c3ccccc3)cc2)c1. The lowest BCUT2D eigenvalue weighted by Gasteiger charge is -2.39. The van der Waals surface area contributed by atoms with Crippen LogP contribution in [0, 0.1) is 10.8 Å². The minimum absolute atomic E-state index is 0.0284. The molecule has 0 N–H and O–H groups in total.